The molecule has 1 aromatic heterocycles. The summed E-state index contributed by atoms with van der Waals surface area (Å²) < 4.78 is 47.0. The molecular formula is C26H39F3N3O3+. The Hall–Kier alpha value is -1.87. The van der Waals surface area contributed by atoms with Crippen molar-refractivity contribution in [3.63, 3.8) is 0 Å². The Morgan fingerprint density at radius 1 is 1.23 bits per heavy atom. The number of halogens is 3. The van der Waals surface area contributed by atoms with Gasteiger partial charge in [-0.3, -0.25) is 9.63 Å². The minimum atomic E-state index is -4.47. The molecule has 4 rings (SSSR count). The van der Waals surface area contributed by atoms with Crippen molar-refractivity contribution in [2.75, 3.05) is 33.4 Å². The molecule has 0 radical (unpaired) electrons. The average Bonchev–Trinajstić information content (AvgIpc) is 3.41. The number of carbonyl (C=O) groups excluding carboxylic acids is 1. The van der Waals surface area contributed by atoms with E-state index >= 15 is 0 Å². The van der Waals surface area contributed by atoms with Crippen LogP contribution < -0.4 is 14.9 Å². The van der Waals surface area contributed by atoms with E-state index in [1.165, 1.54) is 17.9 Å². The molecule has 1 atom stereocenters. The first kappa shape index (κ1) is 26.2. The number of amides is 1. The summed E-state index contributed by atoms with van der Waals surface area (Å²) in [5, 5.41) is 3.62. The molecule has 0 unspecified atom stereocenters. The largest absolute Gasteiger partial charge is 0.422 e. The molecule has 1 amide bonds. The van der Waals surface area contributed by atoms with Crippen LogP contribution in [0.2, 0.25) is 0 Å². The van der Waals surface area contributed by atoms with Crippen LogP contribution in [0.3, 0.4) is 0 Å². The van der Waals surface area contributed by atoms with Gasteiger partial charge in [0.25, 0.3) is 0 Å². The summed E-state index contributed by atoms with van der Waals surface area (Å²) in [5.41, 5.74) is -0.0429. The molecule has 2 aliphatic heterocycles. The summed E-state index contributed by atoms with van der Waals surface area (Å²) in [6.07, 6.45) is 5.09. The van der Waals surface area contributed by atoms with Crippen molar-refractivity contribution in [3.05, 3.63) is 29.1 Å². The van der Waals surface area contributed by atoms with Crippen molar-refractivity contribution < 1.29 is 32.3 Å². The van der Waals surface area contributed by atoms with Crippen molar-refractivity contribution in [2.45, 2.75) is 83.5 Å². The normalized spacial score (nSPS) is 21.6. The highest BCUT2D eigenvalue weighted by Gasteiger charge is 2.46. The third-order valence-electron chi connectivity index (χ3n) is 8.29. The van der Waals surface area contributed by atoms with Gasteiger partial charge in [0.15, 0.2) is 0 Å². The highest BCUT2D eigenvalue weighted by Crippen LogP contribution is 2.45. The van der Waals surface area contributed by atoms with Crippen LogP contribution in [0.1, 0.15) is 75.1 Å². The van der Waals surface area contributed by atoms with Crippen LogP contribution in [-0.2, 0) is 28.7 Å². The Bertz CT molecular complexity index is 883. The maximum absolute atomic E-state index is 14.0. The van der Waals surface area contributed by atoms with E-state index in [0.29, 0.717) is 36.2 Å². The Kier molecular flexibility index (Phi) is 8.26. The second-order valence-corrected chi connectivity index (χ2v) is 10.5. The lowest BCUT2D eigenvalue weighted by Crippen LogP contribution is -2.52. The number of carbonyl (C=O) groups is 1. The molecule has 1 aromatic rings. The number of nitrogens with one attached hydrogen (secondary N) is 1. The van der Waals surface area contributed by atoms with E-state index < -0.39 is 17.2 Å². The second kappa shape index (κ2) is 11.0. The molecule has 6 nitrogen and oxygen atoms in total. The number of nitrogens with zero attached hydrogens (tertiary/aromatic N) is 2. The fraction of sp³-hybridized carbons (Fsp3) is 0.769. The molecular weight excluding hydrogens is 459 g/mol. The maximum Gasteiger partial charge on any atom is 0.422 e. The van der Waals surface area contributed by atoms with Crippen molar-refractivity contribution in [1.29, 1.82) is 0 Å². The molecule has 1 N–H and O–H groups in total. The Morgan fingerprint density at radius 2 is 1.94 bits per heavy atom. The summed E-state index contributed by atoms with van der Waals surface area (Å²) in [5.74, 6) is 0.410. The van der Waals surface area contributed by atoms with Gasteiger partial charge in [0.2, 0.25) is 17.8 Å². The van der Waals surface area contributed by atoms with Crippen molar-refractivity contribution in [1.82, 2.24) is 10.2 Å². The van der Waals surface area contributed by atoms with E-state index in [9.17, 15) is 18.0 Å². The van der Waals surface area contributed by atoms with Crippen LogP contribution in [0.4, 0.5) is 13.2 Å². The maximum atomic E-state index is 14.0. The van der Waals surface area contributed by atoms with E-state index in [-0.39, 0.29) is 12.5 Å². The van der Waals surface area contributed by atoms with Gasteiger partial charge in [-0.2, -0.15) is 13.2 Å². The number of alkyl halides is 3. The van der Waals surface area contributed by atoms with Crippen molar-refractivity contribution >= 4 is 5.91 Å². The van der Waals surface area contributed by atoms with Crippen LogP contribution >= 0.6 is 0 Å². The first-order valence-corrected chi connectivity index (χ1v) is 13.0. The van der Waals surface area contributed by atoms with Gasteiger partial charge in [0, 0.05) is 41.5 Å². The van der Waals surface area contributed by atoms with Crippen LogP contribution in [0.5, 0.6) is 0 Å². The number of pyridine rings is 1. The summed E-state index contributed by atoms with van der Waals surface area (Å²) in [4.78, 5) is 21.0. The van der Waals surface area contributed by atoms with E-state index in [1.807, 2.05) is 0 Å². The first-order chi connectivity index (χ1) is 16.7. The highest BCUT2D eigenvalue weighted by molar-refractivity contribution is 5.83. The van der Waals surface area contributed by atoms with Crippen LogP contribution in [-0.4, -0.2) is 50.3 Å². The van der Waals surface area contributed by atoms with E-state index in [0.717, 1.165) is 77.3 Å². The fourth-order valence-electron chi connectivity index (χ4n) is 6.15. The topological polar surface area (TPSA) is 54.7 Å². The van der Waals surface area contributed by atoms with Crippen LogP contribution in [0.15, 0.2) is 12.3 Å². The van der Waals surface area contributed by atoms with E-state index in [2.05, 4.69) is 12.2 Å². The average molecular weight is 499 g/mol. The van der Waals surface area contributed by atoms with E-state index in [1.54, 1.807) is 4.90 Å². The van der Waals surface area contributed by atoms with Crippen LogP contribution in [0.25, 0.3) is 0 Å². The molecule has 0 spiro atoms. The molecule has 0 bridgehead atoms. The van der Waals surface area contributed by atoms with Gasteiger partial charge in [-0.1, -0.05) is 19.8 Å². The Balaban J connectivity index is 1.47. The van der Waals surface area contributed by atoms with Gasteiger partial charge in [-0.15, -0.1) is 0 Å². The number of hydrogen-bond acceptors (Lipinski definition) is 4. The lowest BCUT2D eigenvalue weighted by Gasteiger charge is -2.40. The number of fused-ring (bicyclic) bond motifs is 1. The van der Waals surface area contributed by atoms with Crippen LogP contribution in [0, 0.1) is 11.3 Å². The number of ether oxygens (including phenoxy) is 1. The van der Waals surface area contributed by atoms with Gasteiger partial charge in [-0.25, -0.2) is 0 Å². The summed E-state index contributed by atoms with van der Waals surface area (Å²) in [6, 6.07) is 1.65. The SMILES string of the molecule is CO[n+]1cc(C(F)(F)F)cc2c1CCN(C(=O)[C@](C)(CCCNC1CCOCC1)C1CCCC1)C2. The lowest BCUT2D eigenvalue weighted by atomic mass is 9.71. The van der Waals surface area contributed by atoms with Gasteiger partial charge < -0.3 is 15.0 Å². The molecule has 9 heteroatoms. The smallest absolute Gasteiger partial charge is 0.381 e. The molecule has 2 fully saturated rings. The molecule has 1 aliphatic carbocycles. The van der Waals surface area contributed by atoms with Gasteiger partial charge in [0.1, 0.15) is 12.7 Å². The Morgan fingerprint density at radius 3 is 2.60 bits per heavy atom. The summed E-state index contributed by atoms with van der Waals surface area (Å²) in [6.45, 7) is 5.23. The second-order valence-electron chi connectivity index (χ2n) is 10.5. The minimum absolute atomic E-state index is 0.0856. The zero-order valence-electron chi connectivity index (χ0n) is 21.0. The molecule has 0 aromatic carbocycles. The fourth-order valence-corrected chi connectivity index (χ4v) is 6.15. The molecule has 35 heavy (non-hydrogen) atoms. The third kappa shape index (κ3) is 5.93. The molecule has 1 saturated carbocycles. The van der Waals surface area contributed by atoms with Crippen molar-refractivity contribution in [2.24, 2.45) is 11.3 Å². The molecule has 196 valence electrons. The van der Waals surface area contributed by atoms with Gasteiger partial charge >= 0.3 is 6.18 Å². The molecule has 3 heterocycles. The predicted molar refractivity (Wildman–Crippen MR) is 124 cm³/mol. The van der Waals surface area contributed by atoms with Gasteiger partial charge in [-0.05, 0) is 57.1 Å². The third-order valence-corrected chi connectivity index (χ3v) is 8.29. The first-order valence-electron chi connectivity index (χ1n) is 13.0. The molecule has 3 aliphatic rings. The van der Waals surface area contributed by atoms with Crippen molar-refractivity contribution in [3.8, 4) is 0 Å². The minimum Gasteiger partial charge on any atom is -0.381 e. The summed E-state index contributed by atoms with van der Waals surface area (Å²) >= 11 is 0. The Labute approximate surface area is 206 Å². The number of rotatable bonds is 8. The molecule has 1 saturated heterocycles. The summed E-state index contributed by atoms with van der Waals surface area (Å²) in [7, 11) is 1.36. The highest BCUT2D eigenvalue weighted by atomic mass is 19.4. The predicted octanol–water partition coefficient (Wildman–Crippen LogP) is 3.68. The monoisotopic (exact) mass is 498 g/mol. The standard InChI is InChI=1S/C26H39F3N3O3/c1-25(20-6-3-4-7-20,11-5-12-30-22-9-14-35-15-10-22)24(33)31-13-8-23-19(17-31)16-21(26(27,28)29)18-32(23)34-2/h16,18,20,22,30H,3-15,17H2,1-2H3/q+1/t25-/m1/s1. The zero-order chi connectivity index (χ0) is 25.1. The van der Waals surface area contributed by atoms with Gasteiger partial charge in [0.05, 0.1) is 13.0 Å². The zero-order valence-corrected chi connectivity index (χ0v) is 21.0. The number of hydrogen-bond donors (Lipinski definition) is 1. The number of aromatic nitrogens is 1. The van der Waals surface area contributed by atoms with E-state index in [4.69, 9.17) is 9.57 Å². The quantitative estimate of drug-likeness (QED) is 0.439. The lowest BCUT2D eigenvalue weighted by molar-refractivity contribution is -0.891.